The van der Waals surface area contributed by atoms with Crippen LogP contribution in [0, 0.1) is 3.57 Å². The smallest absolute Gasteiger partial charge is 0.266 e. The number of phenolic OH excluding ortho intramolecular Hbond substituents is 1. The number of methoxy groups -OCH3 is 2. The molecule has 1 aliphatic heterocycles. The first-order chi connectivity index (χ1) is 13.5. The third kappa shape index (κ3) is 4.68. The fraction of sp³-hybridized carbons (Fsp3) is 0.200. The third-order valence-corrected chi connectivity index (χ3v) is 5.79. The Bertz CT molecular complexity index is 931. The highest BCUT2D eigenvalue weighted by Crippen LogP contribution is 2.37. The summed E-state index contributed by atoms with van der Waals surface area (Å²) in [6.45, 7) is 0.833. The van der Waals surface area contributed by atoms with E-state index in [0.717, 1.165) is 11.3 Å². The molecule has 0 aliphatic carbocycles. The second-order valence-electron chi connectivity index (χ2n) is 5.84. The number of amides is 1. The van der Waals surface area contributed by atoms with Gasteiger partial charge in [0, 0.05) is 7.11 Å². The lowest BCUT2D eigenvalue weighted by molar-refractivity contribution is -0.122. The van der Waals surface area contributed by atoms with Crippen LogP contribution < -0.4 is 4.74 Å². The van der Waals surface area contributed by atoms with Gasteiger partial charge >= 0.3 is 0 Å². The fourth-order valence-corrected chi connectivity index (χ4v) is 4.22. The van der Waals surface area contributed by atoms with Crippen molar-refractivity contribution in [2.45, 2.75) is 0 Å². The first-order valence-electron chi connectivity index (χ1n) is 8.44. The Kier molecular flexibility index (Phi) is 6.97. The molecule has 1 heterocycles. The van der Waals surface area contributed by atoms with Crippen molar-refractivity contribution in [3.63, 3.8) is 0 Å². The Morgan fingerprint density at radius 3 is 2.68 bits per heavy atom. The van der Waals surface area contributed by atoms with Gasteiger partial charge in [0.1, 0.15) is 0 Å². The Morgan fingerprint density at radius 2 is 2.00 bits per heavy atom. The molecule has 0 atom stereocenters. The van der Waals surface area contributed by atoms with E-state index in [1.54, 1.807) is 30.2 Å². The molecule has 1 fully saturated rings. The number of aliphatic imine (C=N–C) groups is 1. The van der Waals surface area contributed by atoms with E-state index < -0.39 is 0 Å². The highest BCUT2D eigenvalue weighted by atomic mass is 127. The Balaban J connectivity index is 1.96. The van der Waals surface area contributed by atoms with Gasteiger partial charge in [-0.15, -0.1) is 0 Å². The Hall–Kier alpha value is -2.04. The van der Waals surface area contributed by atoms with E-state index in [1.807, 2.05) is 52.9 Å². The third-order valence-electron chi connectivity index (χ3n) is 3.96. The van der Waals surface area contributed by atoms with Crippen LogP contribution >= 0.6 is 34.4 Å². The number of phenols is 1. The van der Waals surface area contributed by atoms with E-state index in [4.69, 9.17) is 9.47 Å². The van der Waals surface area contributed by atoms with Gasteiger partial charge in [0.25, 0.3) is 5.91 Å². The zero-order valence-corrected chi connectivity index (χ0v) is 18.4. The number of aromatic hydroxyl groups is 1. The molecular weight excluding hydrogens is 491 g/mol. The molecule has 28 heavy (non-hydrogen) atoms. The summed E-state index contributed by atoms with van der Waals surface area (Å²) in [7, 11) is 3.09. The van der Waals surface area contributed by atoms with Crippen molar-refractivity contribution in [1.29, 1.82) is 0 Å². The van der Waals surface area contributed by atoms with Gasteiger partial charge in [-0.05, 0) is 70.3 Å². The molecular formula is C20H19IN2O4S. The number of carbonyl (C=O) groups excluding carboxylic acids is 1. The number of carbonyl (C=O) groups is 1. The lowest BCUT2D eigenvalue weighted by Gasteiger charge is -2.14. The maximum absolute atomic E-state index is 12.9. The van der Waals surface area contributed by atoms with Crippen LogP contribution in [-0.2, 0) is 9.53 Å². The maximum atomic E-state index is 12.9. The van der Waals surface area contributed by atoms with E-state index in [1.165, 1.54) is 18.9 Å². The predicted octanol–water partition coefficient (Wildman–Crippen LogP) is 4.26. The van der Waals surface area contributed by atoms with E-state index in [2.05, 4.69) is 4.99 Å². The average Bonchev–Trinajstić information content (AvgIpc) is 2.98. The lowest BCUT2D eigenvalue weighted by atomic mass is 10.2. The molecule has 1 aliphatic rings. The SMILES string of the molecule is COCCN1C(=O)/C(=C\c2cc(I)c(O)c(OC)c2)SC1=Nc1ccccc1. The van der Waals surface area contributed by atoms with Gasteiger partial charge in [0.15, 0.2) is 16.7 Å². The van der Waals surface area contributed by atoms with Crippen LogP contribution in [0.1, 0.15) is 5.56 Å². The summed E-state index contributed by atoms with van der Waals surface area (Å²) in [5, 5.41) is 10.6. The highest BCUT2D eigenvalue weighted by molar-refractivity contribution is 14.1. The minimum atomic E-state index is -0.126. The molecule has 1 amide bonds. The summed E-state index contributed by atoms with van der Waals surface area (Å²) in [6.07, 6.45) is 1.78. The molecule has 1 saturated heterocycles. The number of benzene rings is 2. The number of hydrogen-bond donors (Lipinski definition) is 1. The number of rotatable bonds is 6. The number of amidine groups is 1. The summed E-state index contributed by atoms with van der Waals surface area (Å²) in [5.74, 6) is 0.325. The van der Waals surface area contributed by atoms with Gasteiger partial charge in [-0.25, -0.2) is 4.99 Å². The van der Waals surface area contributed by atoms with Crippen molar-refractivity contribution in [1.82, 2.24) is 4.90 Å². The fourth-order valence-electron chi connectivity index (χ4n) is 2.57. The quantitative estimate of drug-likeness (QED) is 0.465. The van der Waals surface area contributed by atoms with Gasteiger partial charge in [0.05, 0.1) is 34.4 Å². The molecule has 0 bridgehead atoms. The number of thioether (sulfide) groups is 1. The van der Waals surface area contributed by atoms with Crippen LogP contribution in [0.25, 0.3) is 6.08 Å². The molecule has 6 nitrogen and oxygen atoms in total. The molecule has 2 aromatic carbocycles. The average molecular weight is 510 g/mol. The normalized spacial score (nSPS) is 17.0. The monoisotopic (exact) mass is 510 g/mol. The van der Waals surface area contributed by atoms with Crippen molar-refractivity contribution >= 4 is 57.2 Å². The van der Waals surface area contributed by atoms with Gasteiger partial charge < -0.3 is 14.6 Å². The van der Waals surface area contributed by atoms with Crippen LogP contribution in [0.5, 0.6) is 11.5 Å². The molecule has 2 aromatic rings. The van der Waals surface area contributed by atoms with Crippen molar-refractivity contribution < 1.29 is 19.4 Å². The van der Waals surface area contributed by atoms with Gasteiger partial charge in [-0.2, -0.15) is 0 Å². The molecule has 0 unspecified atom stereocenters. The number of hydrogen-bond acceptors (Lipinski definition) is 6. The Labute approximate surface area is 181 Å². The molecule has 0 aromatic heterocycles. The number of ether oxygens (including phenoxy) is 2. The maximum Gasteiger partial charge on any atom is 0.266 e. The van der Waals surface area contributed by atoms with Crippen molar-refractivity contribution in [2.24, 2.45) is 4.99 Å². The summed E-state index contributed by atoms with van der Waals surface area (Å²) >= 11 is 3.35. The van der Waals surface area contributed by atoms with Crippen molar-refractivity contribution in [2.75, 3.05) is 27.4 Å². The summed E-state index contributed by atoms with van der Waals surface area (Å²) in [5.41, 5.74) is 1.55. The first kappa shape index (κ1) is 20.7. The van der Waals surface area contributed by atoms with Crippen molar-refractivity contribution in [3.05, 3.63) is 56.5 Å². The molecule has 8 heteroatoms. The zero-order chi connectivity index (χ0) is 20.1. The molecule has 0 radical (unpaired) electrons. The number of halogens is 1. The van der Waals surface area contributed by atoms with Gasteiger partial charge in [-0.1, -0.05) is 18.2 Å². The Morgan fingerprint density at radius 1 is 1.25 bits per heavy atom. The van der Waals surface area contributed by atoms with E-state index in [-0.39, 0.29) is 11.7 Å². The van der Waals surface area contributed by atoms with Crippen LogP contribution in [0.3, 0.4) is 0 Å². The topological polar surface area (TPSA) is 71.4 Å². The molecule has 3 rings (SSSR count). The van der Waals surface area contributed by atoms with E-state index in [0.29, 0.717) is 32.5 Å². The largest absolute Gasteiger partial charge is 0.504 e. The van der Waals surface area contributed by atoms with E-state index in [9.17, 15) is 9.90 Å². The minimum absolute atomic E-state index is 0.0868. The van der Waals surface area contributed by atoms with Gasteiger partial charge in [0.2, 0.25) is 0 Å². The second kappa shape index (κ2) is 9.44. The van der Waals surface area contributed by atoms with Crippen molar-refractivity contribution in [3.8, 4) is 11.5 Å². The van der Waals surface area contributed by atoms with Gasteiger partial charge in [-0.3, -0.25) is 9.69 Å². The summed E-state index contributed by atoms with van der Waals surface area (Å²) in [4.78, 5) is 19.7. The highest BCUT2D eigenvalue weighted by Gasteiger charge is 2.33. The minimum Gasteiger partial charge on any atom is -0.504 e. The second-order valence-corrected chi connectivity index (χ2v) is 8.02. The first-order valence-corrected chi connectivity index (χ1v) is 10.3. The van der Waals surface area contributed by atoms with Crippen LogP contribution in [0.4, 0.5) is 5.69 Å². The predicted molar refractivity (Wildman–Crippen MR) is 120 cm³/mol. The molecule has 0 spiro atoms. The summed E-state index contributed by atoms with van der Waals surface area (Å²) in [6, 6.07) is 13.0. The molecule has 146 valence electrons. The van der Waals surface area contributed by atoms with Crippen LogP contribution in [-0.4, -0.2) is 48.5 Å². The zero-order valence-electron chi connectivity index (χ0n) is 15.4. The molecule has 0 saturated carbocycles. The standard InChI is InChI=1S/C20H19IN2O4S/c1-26-9-8-23-19(25)17(28-20(23)22-14-6-4-3-5-7-14)12-13-10-15(21)18(24)16(11-13)27-2/h3-7,10-12,24H,8-9H2,1-2H3/b17-12+,22-20?. The van der Waals surface area contributed by atoms with E-state index >= 15 is 0 Å². The van der Waals surface area contributed by atoms with Crippen LogP contribution in [0.15, 0.2) is 52.4 Å². The lowest BCUT2D eigenvalue weighted by Crippen LogP contribution is -2.32. The van der Waals surface area contributed by atoms with Crippen LogP contribution in [0.2, 0.25) is 0 Å². The summed E-state index contributed by atoms with van der Waals surface area (Å²) < 4.78 is 11.0. The molecule has 1 N–H and O–H groups in total. The number of nitrogens with zero attached hydrogens (tertiary/aromatic N) is 2. The number of para-hydroxylation sites is 1.